The number of hydrogen-bond donors (Lipinski definition) is 1. The fourth-order valence-corrected chi connectivity index (χ4v) is 3.57. The monoisotopic (exact) mass is 308 g/mol. The maximum atomic E-state index is 4.96. The number of nitrogens with one attached hydrogen (secondary N) is 1. The number of para-hydroxylation sites is 1. The first-order valence-electron chi connectivity index (χ1n) is 8.21. The summed E-state index contributed by atoms with van der Waals surface area (Å²) >= 11 is 0. The summed E-state index contributed by atoms with van der Waals surface area (Å²) in [4.78, 5) is 4.96. The molecule has 0 bridgehead atoms. The maximum absolute atomic E-state index is 4.96. The van der Waals surface area contributed by atoms with E-state index in [1.54, 1.807) is 0 Å². The van der Waals surface area contributed by atoms with E-state index in [2.05, 4.69) is 66.0 Å². The first kappa shape index (κ1) is 13.3. The highest BCUT2D eigenvalue weighted by Crippen LogP contribution is 2.39. The van der Waals surface area contributed by atoms with E-state index in [-0.39, 0.29) is 0 Å². The predicted octanol–water partition coefficient (Wildman–Crippen LogP) is 5.55. The Hall–Kier alpha value is -3.13. The molecule has 0 fully saturated rings. The highest BCUT2D eigenvalue weighted by Gasteiger charge is 2.19. The zero-order valence-electron chi connectivity index (χ0n) is 13.2. The molecule has 5 rings (SSSR count). The Morgan fingerprint density at radius 2 is 1.54 bits per heavy atom. The molecule has 0 unspecified atom stereocenters. The lowest BCUT2D eigenvalue weighted by Gasteiger charge is -2.21. The summed E-state index contributed by atoms with van der Waals surface area (Å²) in [6.45, 7) is 0. The highest BCUT2D eigenvalue weighted by molar-refractivity contribution is 6.01. The molecule has 0 aliphatic heterocycles. The molecule has 2 nitrogen and oxygen atoms in total. The second kappa shape index (κ2) is 5.20. The summed E-state index contributed by atoms with van der Waals surface area (Å²) in [5.41, 5.74) is 6.10. The largest absolute Gasteiger partial charge is 0.340 e. The van der Waals surface area contributed by atoms with Crippen LogP contribution in [0, 0.1) is 0 Å². The van der Waals surface area contributed by atoms with Crippen LogP contribution in [0.1, 0.15) is 11.1 Å². The lowest BCUT2D eigenvalue weighted by atomic mass is 9.87. The van der Waals surface area contributed by atoms with Crippen molar-refractivity contribution >= 4 is 22.3 Å². The number of nitrogens with zero attached hydrogens (tertiary/aromatic N) is 1. The van der Waals surface area contributed by atoms with Crippen LogP contribution in [0.3, 0.4) is 0 Å². The van der Waals surface area contributed by atoms with Crippen LogP contribution in [0.2, 0.25) is 0 Å². The molecule has 114 valence electrons. The number of pyridine rings is 1. The minimum absolute atomic E-state index is 0.887. The van der Waals surface area contributed by atoms with Gasteiger partial charge in [-0.3, -0.25) is 0 Å². The summed E-state index contributed by atoms with van der Waals surface area (Å²) in [6, 6.07) is 27.5. The summed E-state index contributed by atoms with van der Waals surface area (Å²) < 4.78 is 0. The first-order valence-corrected chi connectivity index (χ1v) is 8.21. The van der Waals surface area contributed by atoms with E-state index in [0.717, 1.165) is 23.6 Å². The molecule has 0 saturated carbocycles. The molecule has 0 atom stereocenters. The molecule has 2 heteroatoms. The second-order valence-electron chi connectivity index (χ2n) is 6.20. The minimum atomic E-state index is 0.887. The minimum Gasteiger partial charge on any atom is -0.340 e. The van der Waals surface area contributed by atoms with Crippen LogP contribution < -0.4 is 5.32 Å². The van der Waals surface area contributed by atoms with E-state index in [1.807, 2.05) is 18.2 Å². The summed E-state index contributed by atoms with van der Waals surface area (Å²) in [5.74, 6) is 0.887. The van der Waals surface area contributed by atoms with E-state index >= 15 is 0 Å². The number of hydrogen-bond acceptors (Lipinski definition) is 2. The van der Waals surface area contributed by atoms with Gasteiger partial charge in [-0.05, 0) is 41.1 Å². The number of anilines is 2. The van der Waals surface area contributed by atoms with Gasteiger partial charge in [-0.2, -0.15) is 0 Å². The Labute approximate surface area is 140 Å². The summed E-state index contributed by atoms with van der Waals surface area (Å²) in [6.07, 6.45) is 0.980. The Kier molecular flexibility index (Phi) is 2.89. The van der Waals surface area contributed by atoms with E-state index in [9.17, 15) is 0 Å². The Morgan fingerprint density at radius 1 is 0.750 bits per heavy atom. The van der Waals surface area contributed by atoms with Gasteiger partial charge < -0.3 is 5.32 Å². The summed E-state index contributed by atoms with van der Waals surface area (Å²) in [5, 5.41) is 5.96. The van der Waals surface area contributed by atoms with Crippen LogP contribution in [-0.2, 0) is 6.42 Å². The van der Waals surface area contributed by atoms with Gasteiger partial charge >= 0.3 is 0 Å². The normalized spacial score (nSPS) is 12.0. The van der Waals surface area contributed by atoms with E-state index in [1.165, 1.54) is 27.5 Å². The summed E-state index contributed by atoms with van der Waals surface area (Å²) in [7, 11) is 0. The third kappa shape index (κ3) is 2.08. The molecule has 4 aromatic rings. The van der Waals surface area contributed by atoms with Crippen molar-refractivity contribution < 1.29 is 0 Å². The molecule has 0 amide bonds. The van der Waals surface area contributed by atoms with Crippen LogP contribution in [0.15, 0.2) is 78.9 Å². The van der Waals surface area contributed by atoms with Crippen molar-refractivity contribution in [3.63, 3.8) is 0 Å². The van der Waals surface area contributed by atoms with Crippen LogP contribution in [0.4, 0.5) is 11.5 Å². The maximum Gasteiger partial charge on any atom is 0.131 e. The van der Waals surface area contributed by atoms with Crippen molar-refractivity contribution in [2.24, 2.45) is 0 Å². The Morgan fingerprint density at radius 3 is 2.46 bits per heavy atom. The highest BCUT2D eigenvalue weighted by atomic mass is 15.0. The fraction of sp³-hybridized carbons (Fsp3) is 0.0455. The lowest BCUT2D eigenvalue weighted by molar-refractivity contribution is 1.17. The molecule has 0 spiro atoms. The zero-order valence-corrected chi connectivity index (χ0v) is 13.2. The number of fused-ring (bicyclic) bond motifs is 2. The zero-order chi connectivity index (χ0) is 15.9. The van der Waals surface area contributed by atoms with Gasteiger partial charge in [-0.15, -0.1) is 0 Å². The molecule has 1 aliphatic rings. The number of benzene rings is 3. The van der Waals surface area contributed by atoms with E-state index < -0.39 is 0 Å². The van der Waals surface area contributed by atoms with Crippen molar-refractivity contribution in [1.29, 1.82) is 0 Å². The molecule has 1 N–H and O–H groups in total. The topological polar surface area (TPSA) is 24.9 Å². The van der Waals surface area contributed by atoms with Crippen molar-refractivity contribution in [1.82, 2.24) is 4.98 Å². The smallest absolute Gasteiger partial charge is 0.131 e. The molecule has 0 saturated heterocycles. The van der Waals surface area contributed by atoms with Gasteiger partial charge in [0.25, 0.3) is 0 Å². The van der Waals surface area contributed by atoms with Gasteiger partial charge in [-0.1, -0.05) is 60.7 Å². The molecule has 1 heterocycles. The SMILES string of the molecule is c1ccc(Nc2cc3cccc4c3c(n2)-c2ccccc2C4)cc1. The van der Waals surface area contributed by atoms with Crippen molar-refractivity contribution in [2.45, 2.75) is 6.42 Å². The molecule has 1 aromatic heterocycles. The molecule has 24 heavy (non-hydrogen) atoms. The van der Waals surface area contributed by atoms with Gasteiger partial charge in [0.2, 0.25) is 0 Å². The average molecular weight is 308 g/mol. The molecular formula is C22H16N2. The van der Waals surface area contributed by atoms with Gasteiger partial charge in [0.15, 0.2) is 0 Å². The fourth-order valence-electron chi connectivity index (χ4n) is 3.57. The molecule has 1 aliphatic carbocycles. The third-order valence-corrected chi connectivity index (χ3v) is 4.64. The Bertz CT molecular complexity index is 1050. The lowest BCUT2D eigenvalue weighted by Crippen LogP contribution is -2.04. The van der Waals surface area contributed by atoms with Crippen LogP contribution in [0.25, 0.3) is 22.0 Å². The van der Waals surface area contributed by atoms with Crippen LogP contribution in [0.5, 0.6) is 0 Å². The van der Waals surface area contributed by atoms with Crippen LogP contribution >= 0.6 is 0 Å². The number of aromatic nitrogens is 1. The van der Waals surface area contributed by atoms with Crippen LogP contribution in [-0.4, -0.2) is 4.98 Å². The molecule has 0 radical (unpaired) electrons. The predicted molar refractivity (Wildman–Crippen MR) is 99.7 cm³/mol. The van der Waals surface area contributed by atoms with Crippen molar-refractivity contribution in [3.05, 3.63) is 90.0 Å². The Balaban J connectivity index is 1.74. The molecule has 3 aromatic carbocycles. The third-order valence-electron chi connectivity index (χ3n) is 4.64. The second-order valence-corrected chi connectivity index (χ2v) is 6.20. The van der Waals surface area contributed by atoms with Crippen molar-refractivity contribution in [2.75, 3.05) is 5.32 Å². The average Bonchev–Trinajstić information content (AvgIpc) is 2.63. The van der Waals surface area contributed by atoms with Gasteiger partial charge in [0.1, 0.15) is 5.82 Å². The van der Waals surface area contributed by atoms with E-state index in [4.69, 9.17) is 4.98 Å². The number of rotatable bonds is 2. The quantitative estimate of drug-likeness (QED) is 0.462. The first-order chi connectivity index (χ1) is 11.9. The van der Waals surface area contributed by atoms with Gasteiger partial charge in [0, 0.05) is 16.6 Å². The van der Waals surface area contributed by atoms with E-state index in [0.29, 0.717) is 0 Å². The molecular weight excluding hydrogens is 292 g/mol. The van der Waals surface area contributed by atoms with Gasteiger partial charge in [-0.25, -0.2) is 4.98 Å². The standard InChI is InChI=1S/C22H16N2/c1-2-10-18(11-3-1)23-20-14-17-9-6-8-16-13-15-7-4-5-12-19(15)22(24-20)21(16)17/h1-12,14H,13H2,(H,23,24). The van der Waals surface area contributed by atoms with Gasteiger partial charge in [0.05, 0.1) is 5.69 Å². The van der Waals surface area contributed by atoms with Crippen molar-refractivity contribution in [3.8, 4) is 11.3 Å².